The van der Waals surface area contributed by atoms with Crippen molar-refractivity contribution >= 4 is 39.9 Å². The van der Waals surface area contributed by atoms with Crippen LogP contribution in [0.3, 0.4) is 0 Å². The standard InChI is InChI=1S/C14H19BrN2O2.ClH/c1-19-9-11-12(15)3-2-4-13(11)17-14(18)7-10-5-6-16-8-10;/h2-4,10,16H,5-9H2,1H3,(H,17,18);1H. The molecule has 1 fully saturated rings. The number of halogens is 2. The number of hydrogen-bond acceptors (Lipinski definition) is 3. The predicted molar refractivity (Wildman–Crippen MR) is 86.3 cm³/mol. The molecule has 2 rings (SSSR count). The first-order valence-corrected chi connectivity index (χ1v) is 7.27. The highest BCUT2D eigenvalue weighted by Crippen LogP contribution is 2.26. The van der Waals surface area contributed by atoms with E-state index >= 15 is 0 Å². The Balaban J connectivity index is 0.00000200. The first-order valence-electron chi connectivity index (χ1n) is 6.47. The molecule has 0 aliphatic carbocycles. The highest BCUT2D eigenvalue weighted by Gasteiger charge is 2.18. The average Bonchev–Trinajstić information content (AvgIpc) is 2.86. The summed E-state index contributed by atoms with van der Waals surface area (Å²) in [7, 11) is 1.65. The summed E-state index contributed by atoms with van der Waals surface area (Å²) in [5.74, 6) is 0.530. The lowest BCUT2D eigenvalue weighted by Crippen LogP contribution is -2.19. The highest BCUT2D eigenvalue weighted by atomic mass is 79.9. The SMILES string of the molecule is COCc1c(Br)cccc1NC(=O)CC1CCNC1.Cl. The van der Waals surface area contributed by atoms with Gasteiger partial charge in [-0.05, 0) is 37.6 Å². The lowest BCUT2D eigenvalue weighted by atomic mass is 10.0. The van der Waals surface area contributed by atoms with E-state index in [9.17, 15) is 4.79 Å². The third-order valence-electron chi connectivity index (χ3n) is 3.32. The topological polar surface area (TPSA) is 50.4 Å². The largest absolute Gasteiger partial charge is 0.380 e. The van der Waals surface area contributed by atoms with Gasteiger partial charge < -0.3 is 15.4 Å². The number of nitrogens with one attached hydrogen (secondary N) is 2. The van der Waals surface area contributed by atoms with Crippen molar-refractivity contribution in [2.45, 2.75) is 19.4 Å². The molecule has 1 saturated heterocycles. The van der Waals surface area contributed by atoms with Crippen molar-refractivity contribution in [3.63, 3.8) is 0 Å². The van der Waals surface area contributed by atoms with E-state index in [0.717, 1.165) is 35.2 Å². The molecule has 0 saturated carbocycles. The maximum Gasteiger partial charge on any atom is 0.224 e. The van der Waals surface area contributed by atoms with Gasteiger partial charge in [-0.1, -0.05) is 22.0 Å². The summed E-state index contributed by atoms with van der Waals surface area (Å²) in [5, 5.41) is 6.26. The summed E-state index contributed by atoms with van der Waals surface area (Å²) in [6, 6.07) is 5.77. The van der Waals surface area contributed by atoms with Crippen LogP contribution in [-0.4, -0.2) is 26.1 Å². The zero-order chi connectivity index (χ0) is 13.7. The van der Waals surface area contributed by atoms with Crippen LogP contribution in [0.15, 0.2) is 22.7 Å². The number of amides is 1. The number of carbonyl (C=O) groups is 1. The summed E-state index contributed by atoms with van der Waals surface area (Å²) in [4.78, 5) is 12.0. The van der Waals surface area contributed by atoms with Crippen LogP contribution < -0.4 is 10.6 Å². The van der Waals surface area contributed by atoms with Gasteiger partial charge in [0, 0.05) is 29.3 Å². The second kappa shape index (κ2) is 8.62. The van der Waals surface area contributed by atoms with Crippen LogP contribution in [0, 0.1) is 5.92 Å². The van der Waals surface area contributed by atoms with Crippen LogP contribution >= 0.6 is 28.3 Å². The summed E-state index contributed by atoms with van der Waals surface area (Å²) in [6.45, 7) is 2.43. The minimum absolute atomic E-state index is 0. The summed E-state index contributed by atoms with van der Waals surface area (Å²) in [6.07, 6.45) is 1.66. The molecule has 6 heteroatoms. The van der Waals surface area contributed by atoms with Crippen molar-refractivity contribution in [2.75, 3.05) is 25.5 Å². The van der Waals surface area contributed by atoms with Crippen LogP contribution in [0.2, 0.25) is 0 Å². The van der Waals surface area contributed by atoms with E-state index in [0.29, 0.717) is 18.9 Å². The van der Waals surface area contributed by atoms with Gasteiger partial charge in [0.15, 0.2) is 0 Å². The van der Waals surface area contributed by atoms with Crippen molar-refractivity contribution in [1.29, 1.82) is 0 Å². The van der Waals surface area contributed by atoms with E-state index < -0.39 is 0 Å². The van der Waals surface area contributed by atoms with E-state index in [1.165, 1.54) is 0 Å². The Kier molecular flexibility index (Phi) is 7.51. The Labute approximate surface area is 134 Å². The van der Waals surface area contributed by atoms with Gasteiger partial charge >= 0.3 is 0 Å². The molecule has 0 spiro atoms. The fourth-order valence-corrected chi connectivity index (χ4v) is 2.80. The van der Waals surface area contributed by atoms with Gasteiger partial charge in [0.1, 0.15) is 0 Å². The van der Waals surface area contributed by atoms with Crippen molar-refractivity contribution in [3.05, 3.63) is 28.2 Å². The smallest absolute Gasteiger partial charge is 0.224 e. The predicted octanol–water partition coefficient (Wildman–Crippen LogP) is 2.96. The van der Waals surface area contributed by atoms with E-state index in [2.05, 4.69) is 26.6 Å². The Morgan fingerprint density at radius 2 is 2.35 bits per heavy atom. The number of rotatable bonds is 5. The summed E-state index contributed by atoms with van der Waals surface area (Å²) >= 11 is 3.48. The number of methoxy groups -OCH3 is 1. The molecular weight excluding hydrogens is 344 g/mol. The Morgan fingerprint density at radius 3 is 3.00 bits per heavy atom. The average molecular weight is 364 g/mol. The Morgan fingerprint density at radius 1 is 1.55 bits per heavy atom. The van der Waals surface area contributed by atoms with E-state index in [-0.39, 0.29) is 18.3 Å². The molecule has 2 N–H and O–H groups in total. The monoisotopic (exact) mass is 362 g/mol. The quantitative estimate of drug-likeness (QED) is 0.845. The molecule has 0 bridgehead atoms. The lowest BCUT2D eigenvalue weighted by molar-refractivity contribution is -0.117. The summed E-state index contributed by atoms with van der Waals surface area (Å²) < 4.78 is 6.13. The van der Waals surface area contributed by atoms with E-state index in [1.807, 2.05) is 18.2 Å². The minimum atomic E-state index is 0. The molecule has 1 heterocycles. The van der Waals surface area contributed by atoms with Gasteiger partial charge in [-0.3, -0.25) is 4.79 Å². The molecule has 1 aliphatic heterocycles. The molecule has 20 heavy (non-hydrogen) atoms. The molecule has 4 nitrogen and oxygen atoms in total. The van der Waals surface area contributed by atoms with Crippen LogP contribution in [0.5, 0.6) is 0 Å². The summed E-state index contributed by atoms with van der Waals surface area (Å²) in [5.41, 5.74) is 1.80. The van der Waals surface area contributed by atoms with Crippen molar-refractivity contribution in [1.82, 2.24) is 5.32 Å². The fraction of sp³-hybridized carbons (Fsp3) is 0.500. The van der Waals surface area contributed by atoms with Crippen LogP contribution in [0.4, 0.5) is 5.69 Å². The second-order valence-electron chi connectivity index (χ2n) is 4.81. The van der Waals surface area contributed by atoms with Crippen LogP contribution in [0.1, 0.15) is 18.4 Å². The maximum absolute atomic E-state index is 12.0. The second-order valence-corrected chi connectivity index (χ2v) is 5.66. The molecule has 1 aliphatic rings. The van der Waals surface area contributed by atoms with Crippen molar-refractivity contribution in [2.24, 2.45) is 5.92 Å². The molecule has 112 valence electrons. The first-order chi connectivity index (χ1) is 9.20. The first kappa shape index (κ1) is 17.4. The van der Waals surface area contributed by atoms with Crippen molar-refractivity contribution < 1.29 is 9.53 Å². The third kappa shape index (κ3) is 4.74. The molecule has 1 atom stereocenters. The molecule has 1 amide bonds. The van der Waals surface area contributed by atoms with E-state index in [4.69, 9.17) is 4.74 Å². The van der Waals surface area contributed by atoms with E-state index in [1.54, 1.807) is 7.11 Å². The minimum Gasteiger partial charge on any atom is -0.380 e. The Hall–Kier alpha value is -0.620. The molecular formula is C14H20BrClN2O2. The fourth-order valence-electron chi connectivity index (χ4n) is 2.32. The van der Waals surface area contributed by atoms with Gasteiger partial charge in [0.25, 0.3) is 0 Å². The molecule has 1 unspecified atom stereocenters. The van der Waals surface area contributed by atoms with Crippen LogP contribution in [0.25, 0.3) is 0 Å². The highest BCUT2D eigenvalue weighted by molar-refractivity contribution is 9.10. The van der Waals surface area contributed by atoms with Gasteiger partial charge in [-0.15, -0.1) is 12.4 Å². The molecule has 0 aromatic heterocycles. The molecule has 1 aromatic carbocycles. The zero-order valence-corrected chi connectivity index (χ0v) is 13.9. The van der Waals surface area contributed by atoms with Gasteiger partial charge in [0.05, 0.1) is 6.61 Å². The van der Waals surface area contributed by atoms with Crippen LogP contribution in [-0.2, 0) is 16.1 Å². The maximum atomic E-state index is 12.0. The van der Waals surface area contributed by atoms with Gasteiger partial charge in [-0.25, -0.2) is 0 Å². The lowest BCUT2D eigenvalue weighted by Gasteiger charge is -2.13. The van der Waals surface area contributed by atoms with Gasteiger partial charge in [0.2, 0.25) is 5.91 Å². The van der Waals surface area contributed by atoms with Crippen molar-refractivity contribution in [3.8, 4) is 0 Å². The number of carbonyl (C=O) groups excluding carboxylic acids is 1. The zero-order valence-electron chi connectivity index (χ0n) is 11.4. The molecule has 0 radical (unpaired) electrons. The number of hydrogen-bond donors (Lipinski definition) is 2. The number of benzene rings is 1. The number of ether oxygens (including phenoxy) is 1. The normalized spacial score (nSPS) is 17.6. The Bertz CT molecular complexity index is 451. The molecule has 1 aromatic rings. The third-order valence-corrected chi connectivity index (χ3v) is 4.06. The number of anilines is 1. The van der Waals surface area contributed by atoms with Gasteiger partial charge in [-0.2, -0.15) is 0 Å².